The summed E-state index contributed by atoms with van der Waals surface area (Å²) in [6.07, 6.45) is 5.83. The molecule has 6 nitrogen and oxygen atoms in total. The summed E-state index contributed by atoms with van der Waals surface area (Å²) in [5, 5.41) is 21.8. The lowest BCUT2D eigenvalue weighted by Crippen LogP contribution is -2.44. The fourth-order valence-electron chi connectivity index (χ4n) is 5.30. The Morgan fingerprint density at radius 2 is 2.00 bits per heavy atom. The number of nitrogens with zero attached hydrogens (tertiary/aromatic N) is 2. The highest BCUT2D eigenvalue weighted by Crippen LogP contribution is 2.33. The van der Waals surface area contributed by atoms with Crippen molar-refractivity contribution in [1.29, 1.82) is 0 Å². The lowest BCUT2D eigenvalue weighted by molar-refractivity contribution is -0.146. The molecular formula is C29H35FN2O4. The van der Waals surface area contributed by atoms with Gasteiger partial charge in [0.25, 0.3) is 0 Å². The maximum atomic E-state index is 13.1. The van der Waals surface area contributed by atoms with E-state index in [-0.39, 0.29) is 11.7 Å². The number of aliphatic hydroxyl groups excluding tert-OH is 1. The molecule has 0 bridgehead atoms. The molecule has 2 heterocycles. The Kier molecular flexibility index (Phi) is 8.88. The fourth-order valence-corrected chi connectivity index (χ4v) is 5.30. The van der Waals surface area contributed by atoms with E-state index in [0.717, 1.165) is 60.8 Å². The van der Waals surface area contributed by atoms with Crippen LogP contribution in [0, 0.1) is 17.7 Å². The minimum absolute atomic E-state index is 0.0373. The van der Waals surface area contributed by atoms with Gasteiger partial charge < -0.3 is 19.8 Å². The zero-order chi connectivity index (χ0) is 25.5. The first-order valence-electron chi connectivity index (χ1n) is 12.7. The van der Waals surface area contributed by atoms with E-state index in [2.05, 4.69) is 9.88 Å². The highest BCUT2D eigenvalue weighted by Gasteiger charge is 2.34. The predicted octanol–water partition coefficient (Wildman–Crippen LogP) is 5.24. The first kappa shape index (κ1) is 26.0. The number of carbonyl (C=O) groups is 1. The number of pyridine rings is 1. The van der Waals surface area contributed by atoms with Gasteiger partial charge in [-0.05, 0) is 105 Å². The molecule has 7 heteroatoms. The molecule has 0 saturated carbocycles. The van der Waals surface area contributed by atoms with Gasteiger partial charge in [0.15, 0.2) is 0 Å². The molecule has 1 saturated heterocycles. The number of likely N-dealkylation sites (tertiary alicyclic amines) is 1. The number of carboxylic acid groups (broad SMARTS) is 1. The number of rotatable bonds is 11. The summed E-state index contributed by atoms with van der Waals surface area (Å²) in [5.74, 6) is -0.666. The Morgan fingerprint density at radius 3 is 2.75 bits per heavy atom. The second-order valence-corrected chi connectivity index (χ2v) is 9.75. The van der Waals surface area contributed by atoms with Gasteiger partial charge in [-0.3, -0.25) is 9.78 Å². The molecule has 0 amide bonds. The van der Waals surface area contributed by atoms with E-state index >= 15 is 0 Å². The predicted molar refractivity (Wildman–Crippen MR) is 137 cm³/mol. The van der Waals surface area contributed by atoms with Gasteiger partial charge in [-0.15, -0.1) is 0 Å². The van der Waals surface area contributed by atoms with Gasteiger partial charge in [0.1, 0.15) is 11.6 Å². The molecule has 0 spiro atoms. The Bertz CT molecular complexity index is 1150. The fraction of sp³-hybridized carbons (Fsp3) is 0.448. The number of piperidine rings is 1. The summed E-state index contributed by atoms with van der Waals surface area (Å²) in [4.78, 5) is 18.7. The van der Waals surface area contributed by atoms with Crippen LogP contribution in [0.3, 0.4) is 0 Å². The quantitative estimate of drug-likeness (QED) is 0.355. The molecule has 36 heavy (non-hydrogen) atoms. The molecule has 0 radical (unpaired) electrons. The zero-order valence-electron chi connectivity index (χ0n) is 20.8. The number of unbranched alkanes of at least 4 members (excludes halogenated alkanes) is 1. The molecule has 2 aromatic carbocycles. The van der Waals surface area contributed by atoms with E-state index in [1.165, 1.54) is 12.1 Å². The molecule has 1 fully saturated rings. The average molecular weight is 495 g/mol. The molecule has 3 aromatic rings. The summed E-state index contributed by atoms with van der Waals surface area (Å²) in [7, 11) is 1.61. The Morgan fingerprint density at radius 1 is 1.19 bits per heavy atom. The van der Waals surface area contributed by atoms with Crippen LogP contribution in [0.2, 0.25) is 0 Å². The van der Waals surface area contributed by atoms with Crippen LogP contribution < -0.4 is 4.74 Å². The van der Waals surface area contributed by atoms with Crippen LogP contribution in [0.4, 0.5) is 4.39 Å². The van der Waals surface area contributed by atoms with Crippen LogP contribution in [0.5, 0.6) is 5.75 Å². The highest BCUT2D eigenvalue weighted by molar-refractivity contribution is 5.83. The van der Waals surface area contributed by atoms with Gasteiger partial charge in [-0.2, -0.15) is 0 Å². The summed E-state index contributed by atoms with van der Waals surface area (Å²) in [5.41, 5.74) is 2.71. The number of aryl methyl sites for hydroxylation is 1. The van der Waals surface area contributed by atoms with Crippen molar-refractivity contribution in [2.24, 2.45) is 11.8 Å². The minimum atomic E-state index is -0.760. The third-order valence-electron chi connectivity index (χ3n) is 7.41. The number of fused-ring (bicyclic) bond motifs is 1. The molecule has 1 aliphatic rings. The van der Waals surface area contributed by atoms with Gasteiger partial charge in [0, 0.05) is 18.1 Å². The Labute approximate surface area is 211 Å². The smallest absolute Gasteiger partial charge is 0.308 e. The number of aliphatic hydroxyl groups is 1. The number of methoxy groups -OCH3 is 1. The average Bonchev–Trinajstić information content (AvgIpc) is 2.90. The van der Waals surface area contributed by atoms with Gasteiger partial charge in [-0.1, -0.05) is 12.1 Å². The summed E-state index contributed by atoms with van der Waals surface area (Å²) < 4.78 is 18.4. The second kappa shape index (κ2) is 12.3. The second-order valence-electron chi connectivity index (χ2n) is 9.75. The standard InChI is InChI=1S/C29H35FN2O4/c1-36-23-10-11-27-25(18-23)24(13-15-31-27)28(33)12-7-21-14-17-32(19-26(21)29(34)35)16-3-2-4-20-5-8-22(30)9-6-20/h5-6,8-11,13,15,18,21,26,28,33H,2-4,7,12,14,16-17,19H2,1H3,(H,34,35)/t21-,26+,28-/m1/s1. The van der Waals surface area contributed by atoms with Crippen molar-refractivity contribution in [3.05, 3.63) is 71.7 Å². The molecule has 1 aromatic heterocycles. The van der Waals surface area contributed by atoms with Crippen LogP contribution in [0.25, 0.3) is 10.9 Å². The van der Waals surface area contributed by atoms with Crippen LogP contribution >= 0.6 is 0 Å². The number of benzene rings is 2. The molecule has 2 N–H and O–H groups in total. The number of aliphatic carboxylic acids is 1. The van der Waals surface area contributed by atoms with Crippen molar-refractivity contribution in [2.75, 3.05) is 26.7 Å². The Balaban J connectivity index is 1.29. The monoisotopic (exact) mass is 494 g/mol. The molecule has 4 rings (SSSR count). The van der Waals surface area contributed by atoms with Crippen molar-refractivity contribution >= 4 is 16.9 Å². The Hall–Kier alpha value is -3.03. The maximum Gasteiger partial charge on any atom is 0.308 e. The van der Waals surface area contributed by atoms with E-state index in [9.17, 15) is 19.4 Å². The number of halogens is 1. The van der Waals surface area contributed by atoms with Gasteiger partial charge in [0.05, 0.1) is 24.6 Å². The summed E-state index contributed by atoms with van der Waals surface area (Å²) >= 11 is 0. The lowest BCUT2D eigenvalue weighted by atomic mass is 9.81. The minimum Gasteiger partial charge on any atom is -0.497 e. The maximum absolute atomic E-state index is 13.1. The largest absolute Gasteiger partial charge is 0.497 e. The van der Waals surface area contributed by atoms with Gasteiger partial charge >= 0.3 is 5.97 Å². The zero-order valence-corrected chi connectivity index (χ0v) is 20.8. The lowest BCUT2D eigenvalue weighted by Gasteiger charge is -2.37. The molecule has 3 atom stereocenters. The number of carboxylic acids is 1. The normalized spacial score (nSPS) is 19.3. The first-order valence-corrected chi connectivity index (χ1v) is 12.7. The van der Waals surface area contributed by atoms with E-state index in [4.69, 9.17) is 4.74 Å². The third-order valence-corrected chi connectivity index (χ3v) is 7.41. The first-order chi connectivity index (χ1) is 17.4. The molecular weight excluding hydrogens is 459 g/mol. The van der Waals surface area contributed by atoms with Crippen LogP contribution in [0.15, 0.2) is 54.7 Å². The number of hydrogen-bond acceptors (Lipinski definition) is 5. The molecule has 0 aliphatic carbocycles. The van der Waals surface area contributed by atoms with Crippen LogP contribution in [-0.4, -0.2) is 52.8 Å². The van der Waals surface area contributed by atoms with Crippen molar-refractivity contribution in [3.8, 4) is 5.75 Å². The van der Waals surface area contributed by atoms with Crippen molar-refractivity contribution in [3.63, 3.8) is 0 Å². The van der Waals surface area contributed by atoms with E-state index in [1.54, 1.807) is 13.3 Å². The van der Waals surface area contributed by atoms with Crippen molar-refractivity contribution < 1.29 is 24.1 Å². The summed E-state index contributed by atoms with van der Waals surface area (Å²) in [6, 6.07) is 14.1. The van der Waals surface area contributed by atoms with Gasteiger partial charge in [0.2, 0.25) is 0 Å². The molecule has 0 unspecified atom stereocenters. The van der Waals surface area contributed by atoms with Crippen LogP contribution in [-0.2, 0) is 11.2 Å². The highest BCUT2D eigenvalue weighted by atomic mass is 19.1. The van der Waals surface area contributed by atoms with Crippen molar-refractivity contribution in [2.45, 2.75) is 44.6 Å². The summed E-state index contributed by atoms with van der Waals surface area (Å²) in [6.45, 7) is 2.28. The topological polar surface area (TPSA) is 82.9 Å². The van der Waals surface area contributed by atoms with Gasteiger partial charge in [-0.25, -0.2) is 4.39 Å². The number of ether oxygens (including phenoxy) is 1. The van der Waals surface area contributed by atoms with E-state index in [0.29, 0.717) is 25.1 Å². The van der Waals surface area contributed by atoms with Crippen LogP contribution in [0.1, 0.15) is 49.3 Å². The third kappa shape index (κ3) is 6.59. The number of hydrogen-bond donors (Lipinski definition) is 2. The molecule has 1 aliphatic heterocycles. The number of aromatic nitrogens is 1. The molecule has 192 valence electrons. The SMILES string of the molecule is COc1ccc2nccc([C@H](O)CC[C@@H]3CCN(CCCCc4ccc(F)cc4)C[C@@H]3C(=O)O)c2c1. The van der Waals surface area contributed by atoms with E-state index in [1.807, 2.05) is 36.4 Å². The van der Waals surface area contributed by atoms with Crippen molar-refractivity contribution in [1.82, 2.24) is 9.88 Å². The van der Waals surface area contributed by atoms with E-state index < -0.39 is 18.0 Å².